The first-order valence-electron chi connectivity index (χ1n) is 17.5. The van der Waals surface area contributed by atoms with Crippen molar-refractivity contribution in [2.75, 3.05) is 25.6 Å². The van der Waals surface area contributed by atoms with Crippen molar-refractivity contribution < 1.29 is 28.4 Å². The molecular weight excluding hydrogens is 588 g/mol. The van der Waals surface area contributed by atoms with Crippen LogP contribution in [-0.2, 0) is 20.8 Å². The van der Waals surface area contributed by atoms with Crippen LogP contribution in [-0.4, -0.2) is 32.6 Å². The molecule has 254 valence electrons. The van der Waals surface area contributed by atoms with E-state index in [2.05, 4.69) is 35.1 Å². The molecule has 47 heavy (non-hydrogen) atoms. The molecule has 0 saturated heterocycles. The summed E-state index contributed by atoms with van der Waals surface area (Å²) in [5, 5.41) is 0. The Bertz CT molecular complexity index is 1410. The van der Waals surface area contributed by atoms with Gasteiger partial charge in [-0.3, -0.25) is 4.79 Å². The highest BCUT2D eigenvalue weighted by Gasteiger charge is 2.33. The van der Waals surface area contributed by atoms with E-state index in [1.807, 2.05) is 47.3 Å². The minimum Gasteiger partial charge on any atom is -0.487 e. The minimum absolute atomic E-state index is 0.0670. The third-order valence-corrected chi connectivity index (χ3v) is 10.4. The highest BCUT2D eigenvalue weighted by molar-refractivity contribution is 5.90. The lowest BCUT2D eigenvalue weighted by Gasteiger charge is -2.37. The number of aromatic nitrogens is 1. The smallest absolute Gasteiger partial charge is 0.343 e. The number of benzene rings is 1. The van der Waals surface area contributed by atoms with Gasteiger partial charge in [0.25, 0.3) is 0 Å². The van der Waals surface area contributed by atoms with Crippen LogP contribution in [0.3, 0.4) is 0 Å². The molecule has 0 unspecified atom stereocenters. The Hall–Kier alpha value is -3.87. The Morgan fingerprint density at radius 3 is 2.02 bits per heavy atom. The highest BCUT2D eigenvalue weighted by atomic mass is 16.5. The van der Waals surface area contributed by atoms with E-state index >= 15 is 0 Å². The van der Waals surface area contributed by atoms with Crippen LogP contribution in [0.5, 0.6) is 5.75 Å². The number of esters is 2. The second-order valence-corrected chi connectivity index (χ2v) is 13.5. The zero-order valence-electron chi connectivity index (χ0n) is 29.4. The Balaban J connectivity index is 1.23. The number of hydrogen-bond acceptors (Lipinski definition) is 6. The first-order chi connectivity index (χ1) is 22.6. The van der Waals surface area contributed by atoms with Gasteiger partial charge in [-0.25, -0.2) is 9.36 Å². The normalized spacial score (nSPS) is 22.1. The summed E-state index contributed by atoms with van der Waals surface area (Å²) in [7, 11) is 4.03. The monoisotopic (exact) mass is 643 g/mol. The minimum atomic E-state index is -0.510. The fraction of sp³-hybridized carbons (Fsp3) is 0.525. The van der Waals surface area contributed by atoms with Crippen LogP contribution in [0.1, 0.15) is 95.8 Å². The average Bonchev–Trinajstić information content (AvgIpc) is 3.10. The van der Waals surface area contributed by atoms with Gasteiger partial charge in [-0.2, -0.15) is 0 Å². The number of pyridine rings is 1. The number of carbonyl (C=O) groups is 2. The van der Waals surface area contributed by atoms with Crippen LogP contribution in [0.15, 0.2) is 84.1 Å². The van der Waals surface area contributed by atoms with E-state index in [1.165, 1.54) is 32.1 Å². The van der Waals surface area contributed by atoms with Crippen molar-refractivity contribution >= 4 is 17.6 Å². The van der Waals surface area contributed by atoms with Crippen molar-refractivity contribution in [3.63, 3.8) is 0 Å². The molecule has 1 aromatic carbocycles. The number of nitrogens with zero attached hydrogens (tertiary/aromatic N) is 2. The molecule has 2 aliphatic carbocycles. The average molecular weight is 644 g/mol. The zero-order chi connectivity index (χ0) is 33.9. The molecule has 7 heteroatoms. The largest absolute Gasteiger partial charge is 0.487 e. The van der Waals surface area contributed by atoms with E-state index in [-0.39, 0.29) is 17.6 Å². The van der Waals surface area contributed by atoms with Crippen LogP contribution >= 0.6 is 0 Å². The fourth-order valence-corrected chi connectivity index (χ4v) is 6.93. The van der Waals surface area contributed by atoms with Crippen LogP contribution in [0.4, 0.5) is 5.69 Å². The molecule has 0 spiro atoms. The summed E-state index contributed by atoms with van der Waals surface area (Å²) in [6, 6.07) is 11.0. The van der Waals surface area contributed by atoms with E-state index < -0.39 is 5.97 Å². The van der Waals surface area contributed by atoms with Crippen LogP contribution in [0, 0.1) is 23.7 Å². The first kappa shape index (κ1) is 36.0. The van der Waals surface area contributed by atoms with Crippen molar-refractivity contribution in [2.45, 2.75) is 92.0 Å². The summed E-state index contributed by atoms with van der Waals surface area (Å²) in [6.45, 7) is 13.0. The molecule has 2 saturated carbocycles. The lowest BCUT2D eigenvalue weighted by Crippen LogP contribution is -2.35. The van der Waals surface area contributed by atoms with Gasteiger partial charge in [0.1, 0.15) is 23.9 Å². The Kier molecular flexibility index (Phi) is 13.3. The molecule has 4 rings (SSSR count). The van der Waals surface area contributed by atoms with E-state index in [0.717, 1.165) is 54.7 Å². The fourth-order valence-electron chi connectivity index (χ4n) is 6.93. The summed E-state index contributed by atoms with van der Waals surface area (Å²) in [4.78, 5) is 28.2. The number of anilines is 1. The highest BCUT2D eigenvalue weighted by Crippen LogP contribution is 2.42. The summed E-state index contributed by atoms with van der Waals surface area (Å²) >= 11 is 0. The molecule has 0 aliphatic heterocycles. The molecule has 0 radical (unpaired) electrons. The number of ether oxygens (including phenoxy) is 3. The van der Waals surface area contributed by atoms with E-state index in [0.29, 0.717) is 35.8 Å². The van der Waals surface area contributed by atoms with Gasteiger partial charge < -0.3 is 19.1 Å². The van der Waals surface area contributed by atoms with Crippen LogP contribution in [0.2, 0.25) is 0 Å². The molecule has 0 N–H and O–H groups in total. The Labute approximate surface area is 282 Å². The van der Waals surface area contributed by atoms with Crippen molar-refractivity contribution in [3.05, 3.63) is 89.7 Å². The molecular formula is C40H55N2O5+. The van der Waals surface area contributed by atoms with Gasteiger partial charge in [-0.05, 0) is 119 Å². The Morgan fingerprint density at radius 1 is 0.872 bits per heavy atom. The third-order valence-electron chi connectivity index (χ3n) is 10.4. The molecule has 2 aromatic rings. The molecule has 1 heterocycles. The predicted octanol–water partition coefficient (Wildman–Crippen LogP) is 8.60. The molecule has 2 fully saturated rings. The second-order valence-electron chi connectivity index (χ2n) is 13.5. The maximum absolute atomic E-state index is 13.2. The van der Waals surface area contributed by atoms with Gasteiger partial charge in [0.2, 0.25) is 0 Å². The lowest BCUT2D eigenvalue weighted by atomic mass is 9.69. The summed E-state index contributed by atoms with van der Waals surface area (Å²) in [5.74, 6) is 3.13. The maximum atomic E-state index is 13.2. The molecule has 0 amide bonds. The summed E-state index contributed by atoms with van der Waals surface area (Å²) in [5.41, 5.74) is 2.91. The first-order valence-corrected chi connectivity index (χ1v) is 17.5. The van der Waals surface area contributed by atoms with Gasteiger partial charge in [0, 0.05) is 31.9 Å². The molecule has 0 atom stereocenters. The maximum Gasteiger partial charge on any atom is 0.343 e. The van der Waals surface area contributed by atoms with Gasteiger partial charge in [0.05, 0.1) is 11.5 Å². The van der Waals surface area contributed by atoms with Crippen molar-refractivity contribution in [3.8, 4) is 5.75 Å². The predicted molar refractivity (Wildman–Crippen MR) is 187 cm³/mol. The van der Waals surface area contributed by atoms with Gasteiger partial charge in [0.15, 0.2) is 18.9 Å². The van der Waals surface area contributed by atoms with Crippen LogP contribution in [0.25, 0.3) is 0 Å². The van der Waals surface area contributed by atoms with E-state index in [1.54, 1.807) is 30.3 Å². The lowest BCUT2D eigenvalue weighted by molar-refractivity contribution is -0.697. The Morgan fingerprint density at radius 2 is 1.47 bits per heavy atom. The summed E-state index contributed by atoms with van der Waals surface area (Å²) in [6.07, 6.45) is 16.6. The number of allylic oxidation sites excluding steroid dienone is 3. The number of rotatable bonds is 13. The molecule has 7 nitrogen and oxygen atoms in total. The molecule has 1 aromatic heterocycles. The van der Waals surface area contributed by atoms with Crippen molar-refractivity contribution in [2.24, 2.45) is 23.7 Å². The molecule has 2 aliphatic rings. The van der Waals surface area contributed by atoms with Gasteiger partial charge in [-0.15, -0.1) is 0 Å². The topological polar surface area (TPSA) is 69.0 Å². The van der Waals surface area contributed by atoms with Crippen molar-refractivity contribution in [1.29, 1.82) is 0 Å². The van der Waals surface area contributed by atoms with Gasteiger partial charge in [-0.1, -0.05) is 32.8 Å². The third kappa shape index (κ3) is 10.1. The zero-order valence-corrected chi connectivity index (χ0v) is 29.4. The van der Waals surface area contributed by atoms with E-state index in [9.17, 15) is 9.59 Å². The van der Waals surface area contributed by atoms with Crippen molar-refractivity contribution in [1.82, 2.24) is 0 Å². The summed E-state index contributed by atoms with van der Waals surface area (Å²) < 4.78 is 19.5. The molecule has 0 bridgehead atoms. The SMILES string of the molecule is C=C(OC(=O)c1ccc(OCC[n+]2ccc(N(C)C)cc2)cc1)/C(C)=C(C)\C(=C/C)OC(=O)C1CCC(C2CCC(CC)CC2)CC1. The van der Waals surface area contributed by atoms with Gasteiger partial charge >= 0.3 is 11.9 Å². The quantitative estimate of drug-likeness (QED) is 0.0943. The second kappa shape index (κ2) is 17.3. The standard InChI is InChI=1S/C40H55N2O5/c1-8-31-10-12-32(13-11-31)33-14-16-34(17-15-33)40(44)47-38(9-2)29(4)28(3)30(5)46-39(43)35-18-20-37(21-19-35)45-27-26-42-24-22-36(23-25-42)41(6)7/h9,18-25,31-34H,5,8,10-17,26-27H2,1-4,6-7H3/q+1/b29-28-,38-9+. The number of hydrogen-bond donors (Lipinski definition) is 0. The van der Waals surface area contributed by atoms with Crippen LogP contribution < -0.4 is 14.2 Å². The van der Waals surface area contributed by atoms with E-state index in [4.69, 9.17) is 14.2 Å². The number of carbonyl (C=O) groups excluding carboxylic acids is 2.